The Labute approximate surface area is 169 Å². The molecule has 0 bridgehead atoms. The number of benzene rings is 2. The number of aromatic nitrogens is 2. The van der Waals surface area contributed by atoms with Gasteiger partial charge in [0.2, 0.25) is 11.7 Å². The third-order valence-corrected chi connectivity index (χ3v) is 4.56. The average molecular weight is 400 g/mol. The molecule has 3 rings (SSSR count). The minimum Gasteiger partial charge on any atom is -0.493 e. The van der Waals surface area contributed by atoms with Crippen molar-refractivity contribution in [2.24, 2.45) is 0 Å². The van der Waals surface area contributed by atoms with Crippen molar-refractivity contribution in [3.63, 3.8) is 0 Å². The lowest BCUT2D eigenvalue weighted by molar-refractivity contribution is 0.324. The molecule has 0 aliphatic carbocycles. The van der Waals surface area contributed by atoms with E-state index in [2.05, 4.69) is 15.3 Å². The number of aryl methyl sites for hydroxylation is 1. The van der Waals surface area contributed by atoms with Crippen LogP contribution in [0.3, 0.4) is 0 Å². The zero-order chi connectivity index (χ0) is 20.1. The molecule has 0 fully saturated rings. The molecule has 0 spiro atoms. The first-order chi connectivity index (χ1) is 13.5. The largest absolute Gasteiger partial charge is 0.493 e. The van der Waals surface area contributed by atoms with Crippen LogP contribution in [0.5, 0.6) is 17.2 Å². The number of nitrogens with zero attached hydrogens (tertiary/aromatic N) is 2. The van der Waals surface area contributed by atoms with Gasteiger partial charge in [0.25, 0.3) is 0 Å². The summed E-state index contributed by atoms with van der Waals surface area (Å²) in [7, 11) is 4.77. The number of methoxy groups -OCH3 is 3. The van der Waals surface area contributed by atoms with Gasteiger partial charge in [-0.15, -0.1) is 0 Å². The molecule has 0 saturated carbocycles. The molecule has 0 aliphatic rings. The smallest absolute Gasteiger partial charge is 0.223 e. The van der Waals surface area contributed by atoms with Crippen molar-refractivity contribution in [1.29, 1.82) is 0 Å². The predicted molar refractivity (Wildman–Crippen MR) is 111 cm³/mol. The zero-order valence-corrected chi connectivity index (χ0v) is 17.0. The minimum atomic E-state index is 0.510. The second-order valence-corrected chi connectivity index (χ2v) is 6.52. The summed E-state index contributed by atoms with van der Waals surface area (Å²) in [6.07, 6.45) is 1.81. The molecule has 7 heteroatoms. The van der Waals surface area contributed by atoms with E-state index in [0.717, 1.165) is 22.4 Å². The van der Waals surface area contributed by atoms with Crippen LogP contribution in [0.2, 0.25) is 5.02 Å². The molecule has 146 valence electrons. The third kappa shape index (κ3) is 4.28. The van der Waals surface area contributed by atoms with Crippen LogP contribution in [0.4, 0.5) is 5.95 Å². The molecule has 1 heterocycles. The first-order valence-corrected chi connectivity index (χ1v) is 9.05. The van der Waals surface area contributed by atoms with Gasteiger partial charge in [0, 0.05) is 23.3 Å². The van der Waals surface area contributed by atoms with Crippen molar-refractivity contribution in [1.82, 2.24) is 9.97 Å². The Morgan fingerprint density at radius 1 is 0.964 bits per heavy atom. The Bertz CT molecular complexity index is 937. The van der Waals surface area contributed by atoms with E-state index < -0.39 is 0 Å². The lowest BCUT2D eigenvalue weighted by Crippen LogP contribution is -2.06. The van der Waals surface area contributed by atoms with E-state index in [9.17, 15) is 0 Å². The molecular weight excluding hydrogens is 378 g/mol. The Balaban J connectivity index is 1.78. The fourth-order valence-corrected chi connectivity index (χ4v) is 3.01. The highest BCUT2D eigenvalue weighted by Crippen LogP contribution is 2.38. The molecule has 3 aromatic rings. The first-order valence-electron chi connectivity index (χ1n) is 8.68. The molecule has 1 N–H and O–H groups in total. The van der Waals surface area contributed by atoms with Gasteiger partial charge in [-0.3, -0.25) is 0 Å². The van der Waals surface area contributed by atoms with Crippen LogP contribution < -0.4 is 19.5 Å². The van der Waals surface area contributed by atoms with Crippen LogP contribution in [0.1, 0.15) is 11.3 Å². The van der Waals surface area contributed by atoms with Crippen LogP contribution in [-0.4, -0.2) is 31.3 Å². The van der Waals surface area contributed by atoms with Crippen molar-refractivity contribution in [3.05, 3.63) is 58.9 Å². The van der Waals surface area contributed by atoms with Crippen molar-refractivity contribution in [3.8, 4) is 28.4 Å². The zero-order valence-electron chi connectivity index (χ0n) is 16.2. The maximum Gasteiger partial charge on any atom is 0.223 e. The van der Waals surface area contributed by atoms with Crippen LogP contribution in [0.25, 0.3) is 11.1 Å². The SMILES string of the molecule is COc1cc(CNc2ncc(-c3ccc(Cl)cc3)c(C)n2)cc(OC)c1OC. The van der Waals surface area contributed by atoms with Crippen molar-refractivity contribution in [2.75, 3.05) is 26.6 Å². The standard InChI is InChI=1S/C21H22ClN3O3/c1-13-17(15-5-7-16(22)8-6-15)12-24-21(25-13)23-11-14-9-18(26-2)20(28-4)19(10-14)27-3/h5-10,12H,11H2,1-4H3,(H,23,24,25). The number of anilines is 1. The highest BCUT2D eigenvalue weighted by Gasteiger charge is 2.13. The van der Waals surface area contributed by atoms with E-state index in [1.165, 1.54) is 0 Å². The number of rotatable bonds is 7. The van der Waals surface area contributed by atoms with Crippen LogP contribution in [0, 0.1) is 6.92 Å². The number of halogens is 1. The average Bonchev–Trinajstić information content (AvgIpc) is 2.72. The van der Waals surface area contributed by atoms with E-state index in [-0.39, 0.29) is 0 Å². The summed E-state index contributed by atoms with van der Waals surface area (Å²) in [5.41, 5.74) is 3.83. The maximum absolute atomic E-state index is 5.96. The van der Waals surface area contributed by atoms with E-state index in [0.29, 0.717) is 34.8 Å². The molecule has 0 aliphatic heterocycles. The van der Waals surface area contributed by atoms with E-state index in [1.54, 1.807) is 21.3 Å². The highest BCUT2D eigenvalue weighted by molar-refractivity contribution is 6.30. The maximum atomic E-state index is 5.96. The van der Waals surface area contributed by atoms with Crippen LogP contribution in [-0.2, 0) is 6.54 Å². The summed E-state index contributed by atoms with van der Waals surface area (Å²) in [6.45, 7) is 2.46. The Morgan fingerprint density at radius 3 is 2.14 bits per heavy atom. The molecule has 0 radical (unpaired) electrons. The predicted octanol–water partition coefficient (Wildman–Crippen LogP) is 4.74. The molecule has 0 unspecified atom stereocenters. The number of hydrogen-bond donors (Lipinski definition) is 1. The Kier molecular flexibility index (Phi) is 6.21. The van der Waals surface area contributed by atoms with Gasteiger partial charge in [-0.1, -0.05) is 23.7 Å². The second kappa shape index (κ2) is 8.80. The van der Waals surface area contributed by atoms with Gasteiger partial charge in [-0.2, -0.15) is 0 Å². The molecule has 0 saturated heterocycles. The van der Waals surface area contributed by atoms with E-state index in [4.69, 9.17) is 25.8 Å². The topological polar surface area (TPSA) is 65.5 Å². The fraction of sp³-hybridized carbons (Fsp3) is 0.238. The molecular formula is C21H22ClN3O3. The number of ether oxygens (including phenoxy) is 3. The molecule has 0 atom stereocenters. The van der Waals surface area contributed by atoms with Crippen LogP contribution in [0.15, 0.2) is 42.6 Å². The lowest BCUT2D eigenvalue weighted by Gasteiger charge is -2.14. The van der Waals surface area contributed by atoms with E-state index >= 15 is 0 Å². The van der Waals surface area contributed by atoms with E-state index in [1.807, 2.05) is 49.5 Å². The molecule has 0 amide bonds. The van der Waals surface area contributed by atoms with Gasteiger partial charge < -0.3 is 19.5 Å². The van der Waals surface area contributed by atoms with Gasteiger partial charge in [0.15, 0.2) is 11.5 Å². The number of hydrogen-bond acceptors (Lipinski definition) is 6. The molecule has 28 heavy (non-hydrogen) atoms. The second-order valence-electron chi connectivity index (χ2n) is 6.09. The molecule has 2 aromatic carbocycles. The summed E-state index contributed by atoms with van der Waals surface area (Å²) in [5.74, 6) is 2.32. The van der Waals surface area contributed by atoms with Crippen LogP contribution >= 0.6 is 11.6 Å². The van der Waals surface area contributed by atoms with Gasteiger partial charge in [-0.25, -0.2) is 9.97 Å². The first kappa shape index (κ1) is 19.8. The summed E-state index contributed by atoms with van der Waals surface area (Å²) in [6, 6.07) is 11.4. The minimum absolute atomic E-state index is 0.510. The molecule has 6 nitrogen and oxygen atoms in total. The summed E-state index contributed by atoms with van der Waals surface area (Å²) in [4.78, 5) is 8.99. The van der Waals surface area contributed by atoms with Crippen molar-refractivity contribution in [2.45, 2.75) is 13.5 Å². The van der Waals surface area contributed by atoms with Gasteiger partial charge in [0.1, 0.15) is 0 Å². The summed E-state index contributed by atoms with van der Waals surface area (Å²) in [5, 5.41) is 3.93. The quantitative estimate of drug-likeness (QED) is 0.618. The monoisotopic (exact) mass is 399 g/mol. The summed E-state index contributed by atoms with van der Waals surface area (Å²) < 4.78 is 16.1. The Hall–Kier alpha value is -2.99. The fourth-order valence-electron chi connectivity index (χ4n) is 2.88. The lowest BCUT2D eigenvalue weighted by atomic mass is 10.1. The van der Waals surface area contributed by atoms with Gasteiger partial charge >= 0.3 is 0 Å². The van der Waals surface area contributed by atoms with Crippen molar-refractivity contribution >= 4 is 17.5 Å². The van der Waals surface area contributed by atoms with Gasteiger partial charge in [-0.05, 0) is 42.3 Å². The normalized spacial score (nSPS) is 10.5. The van der Waals surface area contributed by atoms with Crippen molar-refractivity contribution < 1.29 is 14.2 Å². The number of nitrogens with one attached hydrogen (secondary N) is 1. The highest BCUT2D eigenvalue weighted by atomic mass is 35.5. The van der Waals surface area contributed by atoms with Gasteiger partial charge in [0.05, 0.1) is 27.0 Å². The summed E-state index contributed by atoms with van der Waals surface area (Å²) >= 11 is 5.96. The Morgan fingerprint density at radius 2 is 1.61 bits per heavy atom. The molecule has 1 aromatic heterocycles. The third-order valence-electron chi connectivity index (χ3n) is 4.31.